The van der Waals surface area contributed by atoms with Crippen LogP contribution < -0.4 is 10.1 Å². The summed E-state index contributed by atoms with van der Waals surface area (Å²) in [5, 5.41) is 8.18. The van der Waals surface area contributed by atoms with Crippen LogP contribution in [0.3, 0.4) is 0 Å². The number of halogens is 1. The molecule has 1 aliphatic carbocycles. The van der Waals surface area contributed by atoms with Crippen LogP contribution in [-0.4, -0.2) is 43.8 Å². The zero-order chi connectivity index (χ0) is 23.8. The van der Waals surface area contributed by atoms with Gasteiger partial charge in [0.1, 0.15) is 0 Å². The third-order valence-electron chi connectivity index (χ3n) is 6.62. The average molecular weight is 475 g/mol. The first-order chi connectivity index (χ1) is 15.7. The fraction of sp³-hybridized carbons (Fsp3) is 0.640. The van der Waals surface area contributed by atoms with Crippen molar-refractivity contribution >= 4 is 17.7 Å². The lowest BCUT2D eigenvalue weighted by molar-refractivity contribution is -0.127. The van der Waals surface area contributed by atoms with Gasteiger partial charge in [0.25, 0.3) is 0 Å². The number of ether oxygens (including phenoxy) is 1. The first-order valence-electron chi connectivity index (χ1n) is 12.0. The Kier molecular flexibility index (Phi) is 7.03. The molecule has 0 saturated carbocycles. The minimum absolute atomic E-state index is 0.0539. The Morgan fingerprint density at radius 1 is 1.30 bits per heavy atom. The summed E-state index contributed by atoms with van der Waals surface area (Å²) in [5.74, 6) is 2.21. The number of aromatic nitrogens is 3. The van der Waals surface area contributed by atoms with Gasteiger partial charge in [-0.05, 0) is 71.8 Å². The summed E-state index contributed by atoms with van der Waals surface area (Å²) >= 11 is 1.95. The summed E-state index contributed by atoms with van der Waals surface area (Å²) < 4.78 is 22.5. The van der Waals surface area contributed by atoms with Gasteiger partial charge in [-0.1, -0.05) is 0 Å². The van der Waals surface area contributed by atoms with Crippen molar-refractivity contribution in [1.82, 2.24) is 20.1 Å². The van der Waals surface area contributed by atoms with Crippen molar-refractivity contribution in [2.45, 2.75) is 84.4 Å². The van der Waals surface area contributed by atoms with E-state index in [1.54, 1.807) is 6.07 Å². The van der Waals surface area contributed by atoms with Crippen LogP contribution in [0.2, 0.25) is 0 Å². The van der Waals surface area contributed by atoms with Crippen molar-refractivity contribution in [2.75, 3.05) is 11.5 Å². The first-order valence-corrected chi connectivity index (χ1v) is 13.1. The lowest BCUT2D eigenvalue weighted by Crippen LogP contribution is -2.51. The van der Waals surface area contributed by atoms with Crippen molar-refractivity contribution in [3.63, 3.8) is 0 Å². The van der Waals surface area contributed by atoms with Gasteiger partial charge in [0, 0.05) is 46.8 Å². The monoisotopic (exact) mass is 474 g/mol. The van der Waals surface area contributed by atoms with Gasteiger partial charge >= 0.3 is 0 Å². The van der Waals surface area contributed by atoms with E-state index in [0.29, 0.717) is 30.0 Å². The van der Waals surface area contributed by atoms with E-state index in [-0.39, 0.29) is 29.5 Å². The van der Waals surface area contributed by atoms with Gasteiger partial charge in [-0.15, -0.1) is 0 Å². The Morgan fingerprint density at radius 2 is 2.03 bits per heavy atom. The summed E-state index contributed by atoms with van der Waals surface area (Å²) in [6.45, 7) is 10.1. The second kappa shape index (κ2) is 9.65. The number of nitrogens with zero attached hydrogens (tertiary/aromatic N) is 3. The van der Waals surface area contributed by atoms with E-state index in [4.69, 9.17) is 9.84 Å². The zero-order valence-corrected chi connectivity index (χ0v) is 21.1. The lowest BCUT2D eigenvalue weighted by atomic mass is 9.84. The van der Waals surface area contributed by atoms with Gasteiger partial charge < -0.3 is 10.1 Å². The second-order valence-electron chi connectivity index (χ2n) is 10.1. The van der Waals surface area contributed by atoms with E-state index in [1.165, 1.54) is 6.20 Å². The van der Waals surface area contributed by atoms with E-state index in [1.807, 2.05) is 30.3 Å². The fourth-order valence-corrected chi connectivity index (χ4v) is 6.15. The molecule has 0 bridgehead atoms. The van der Waals surface area contributed by atoms with Crippen molar-refractivity contribution < 1.29 is 13.9 Å². The maximum atomic E-state index is 14.8. The van der Waals surface area contributed by atoms with E-state index in [9.17, 15) is 9.18 Å². The summed E-state index contributed by atoms with van der Waals surface area (Å²) in [7, 11) is 0. The van der Waals surface area contributed by atoms with E-state index in [2.05, 4.69) is 31.1 Å². The number of fused-ring (bicyclic) bond motifs is 1. The molecule has 2 aromatic rings. The highest BCUT2D eigenvalue weighted by molar-refractivity contribution is 7.99. The summed E-state index contributed by atoms with van der Waals surface area (Å²) in [4.78, 5) is 17.3. The Morgan fingerprint density at radius 3 is 2.70 bits per heavy atom. The zero-order valence-electron chi connectivity index (χ0n) is 20.3. The number of pyridine rings is 1. The maximum absolute atomic E-state index is 14.8. The van der Waals surface area contributed by atoms with E-state index < -0.39 is 5.82 Å². The minimum Gasteiger partial charge on any atom is -0.475 e. The summed E-state index contributed by atoms with van der Waals surface area (Å²) in [6, 6.07) is 1.75. The molecule has 1 amide bonds. The number of thioether (sulfide) groups is 1. The highest BCUT2D eigenvalue weighted by atomic mass is 32.2. The third kappa shape index (κ3) is 5.20. The second-order valence-corrected chi connectivity index (χ2v) is 11.3. The number of carbonyl (C=O) groups is 1. The molecule has 33 heavy (non-hydrogen) atoms. The van der Waals surface area contributed by atoms with Gasteiger partial charge in [0.05, 0.1) is 18.0 Å². The first kappa shape index (κ1) is 24.0. The SMILES string of the molecule is CC(C)Oc1cc(-c2nn(C(C)C)c3c2CCC(C(=O)NC2(C)CCSCC2)C3)c(F)cn1. The number of nitrogens with one attached hydrogen (secondary N) is 1. The topological polar surface area (TPSA) is 69.0 Å². The van der Waals surface area contributed by atoms with Crippen molar-refractivity contribution in [3.05, 3.63) is 29.3 Å². The van der Waals surface area contributed by atoms with Gasteiger partial charge in [0.2, 0.25) is 11.8 Å². The largest absolute Gasteiger partial charge is 0.475 e. The molecule has 1 aliphatic heterocycles. The normalized spacial score (nSPS) is 20.1. The van der Waals surface area contributed by atoms with Gasteiger partial charge in [0.15, 0.2) is 5.82 Å². The molecule has 3 heterocycles. The van der Waals surface area contributed by atoms with Crippen molar-refractivity contribution in [1.29, 1.82) is 0 Å². The predicted octanol–water partition coefficient (Wildman–Crippen LogP) is 4.96. The lowest BCUT2D eigenvalue weighted by Gasteiger charge is -2.36. The molecule has 4 rings (SSSR count). The molecular weight excluding hydrogens is 439 g/mol. The van der Waals surface area contributed by atoms with Crippen molar-refractivity contribution in [2.24, 2.45) is 5.92 Å². The Bertz CT molecular complexity index is 1010. The summed E-state index contributed by atoms with van der Waals surface area (Å²) in [5.41, 5.74) is 3.01. The van der Waals surface area contributed by atoms with Crippen LogP contribution in [0.5, 0.6) is 5.88 Å². The van der Waals surface area contributed by atoms with E-state index >= 15 is 0 Å². The standard InChI is InChI=1S/C25H35FN4O2S/c1-15(2)30-21-12-17(24(31)28-25(5)8-10-33-11-9-25)6-7-18(21)23(29-30)19-13-22(32-16(3)4)27-14-20(19)26/h13-17H,6-12H2,1-5H3,(H,28,31). The summed E-state index contributed by atoms with van der Waals surface area (Å²) in [6.07, 6.45) is 5.23. The third-order valence-corrected chi connectivity index (χ3v) is 7.61. The Hall–Kier alpha value is -2.09. The van der Waals surface area contributed by atoms with Gasteiger partial charge in [-0.25, -0.2) is 9.37 Å². The smallest absolute Gasteiger partial charge is 0.223 e. The molecule has 2 aromatic heterocycles. The van der Waals surface area contributed by atoms with Gasteiger partial charge in [-0.3, -0.25) is 9.48 Å². The molecule has 0 aromatic carbocycles. The highest BCUT2D eigenvalue weighted by Crippen LogP contribution is 2.37. The van der Waals surface area contributed by atoms with Crippen LogP contribution in [-0.2, 0) is 17.6 Å². The molecule has 8 heteroatoms. The van der Waals surface area contributed by atoms with Crippen molar-refractivity contribution in [3.8, 4) is 17.1 Å². The van der Waals surface area contributed by atoms with Crippen LogP contribution in [0.25, 0.3) is 11.3 Å². The van der Waals surface area contributed by atoms with E-state index in [0.717, 1.165) is 42.0 Å². The molecule has 1 N–H and O–H groups in total. The van der Waals surface area contributed by atoms with Crippen LogP contribution in [0.1, 0.15) is 71.2 Å². The molecule has 1 fully saturated rings. The number of hydrogen-bond acceptors (Lipinski definition) is 5. The molecule has 6 nitrogen and oxygen atoms in total. The molecule has 1 unspecified atom stereocenters. The molecule has 1 saturated heterocycles. The molecule has 2 aliphatic rings. The maximum Gasteiger partial charge on any atom is 0.223 e. The number of carbonyl (C=O) groups excluding carboxylic acids is 1. The number of rotatable bonds is 6. The number of amides is 1. The van der Waals surface area contributed by atoms with Crippen LogP contribution in [0.15, 0.2) is 12.3 Å². The van der Waals surface area contributed by atoms with Gasteiger partial charge in [-0.2, -0.15) is 16.9 Å². The van der Waals surface area contributed by atoms with Crippen LogP contribution in [0.4, 0.5) is 4.39 Å². The molecule has 0 spiro atoms. The predicted molar refractivity (Wildman–Crippen MR) is 130 cm³/mol. The molecule has 0 radical (unpaired) electrons. The number of hydrogen-bond donors (Lipinski definition) is 1. The highest BCUT2D eigenvalue weighted by Gasteiger charge is 2.35. The van der Waals surface area contributed by atoms with Crippen LogP contribution in [0, 0.1) is 11.7 Å². The average Bonchev–Trinajstić information content (AvgIpc) is 3.14. The molecule has 180 valence electrons. The minimum atomic E-state index is -0.412. The quantitative estimate of drug-likeness (QED) is 0.641. The molecule has 1 atom stereocenters. The fourth-order valence-electron chi connectivity index (χ4n) is 4.76. The molecular formula is C25H35FN4O2S. The Labute approximate surface area is 200 Å². The van der Waals surface area contributed by atoms with Crippen LogP contribution >= 0.6 is 11.8 Å². The Balaban J connectivity index is 1.62.